The van der Waals surface area contributed by atoms with Crippen molar-refractivity contribution in [1.82, 2.24) is 14.4 Å². The van der Waals surface area contributed by atoms with Crippen LogP contribution >= 0.6 is 22.9 Å². The van der Waals surface area contributed by atoms with Crippen LogP contribution in [0, 0.1) is 0 Å². The van der Waals surface area contributed by atoms with Crippen molar-refractivity contribution < 1.29 is 9.53 Å². The average Bonchev–Trinajstić information content (AvgIpc) is 3.52. The van der Waals surface area contributed by atoms with Crippen LogP contribution in [0.15, 0.2) is 71.0 Å². The molecule has 172 valence electrons. The topological polar surface area (TPSA) is 73.6 Å². The fraction of sp³-hybridized carbons (Fsp3) is 0.111. The van der Waals surface area contributed by atoms with Crippen LogP contribution in [-0.2, 0) is 17.8 Å². The van der Waals surface area contributed by atoms with Crippen LogP contribution in [0.25, 0.3) is 28.2 Å². The summed E-state index contributed by atoms with van der Waals surface area (Å²) in [5.74, 6) is -0.449. The maximum Gasteiger partial charge on any atom is 0.339 e. The Bertz CT molecular complexity index is 1710. The van der Waals surface area contributed by atoms with E-state index in [2.05, 4.69) is 17.1 Å². The molecule has 6 rings (SSSR count). The van der Waals surface area contributed by atoms with Gasteiger partial charge in [0, 0.05) is 22.5 Å². The molecule has 5 aromatic rings. The normalized spacial score (nSPS) is 14.0. The van der Waals surface area contributed by atoms with Gasteiger partial charge >= 0.3 is 5.97 Å². The molecule has 1 aliphatic carbocycles. The Hall–Kier alpha value is -3.81. The minimum Gasteiger partial charge on any atom is -0.456 e. The predicted octanol–water partition coefficient (Wildman–Crippen LogP) is 5.80. The number of allylic oxidation sites excluding steroid dienone is 1. The third kappa shape index (κ3) is 4.03. The molecule has 0 unspecified atom stereocenters. The molecule has 0 saturated heterocycles. The highest BCUT2D eigenvalue weighted by molar-refractivity contribution is 7.10. The minimum atomic E-state index is -0.449. The van der Waals surface area contributed by atoms with Crippen LogP contribution < -0.4 is 5.56 Å². The first-order chi connectivity index (χ1) is 17.1. The van der Waals surface area contributed by atoms with Gasteiger partial charge in [0.15, 0.2) is 0 Å². The van der Waals surface area contributed by atoms with E-state index in [1.54, 1.807) is 23.5 Å². The third-order valence-electron chi connectivity index (χ3n) is 6.03. The van der Waals surface area contributed by atoms with E-state index in [-0.39, 0.29) is 12.2 Å². The van der Waals surface area contributed by atoms with Crippen molar-refractivity contribution in [3.63, 3.8) is 0 Å². The molecule has 0 radical (unpaired) electrons. The molecule has 6 nitrogen and oxygen atoms in total. The molecule has 4 heterocycles. The van der Waals surface area contributed by atoms with E-state index in [1.165, 1.54) is 16.7 Å². The SMILES string of the molecule is O=C(OCc1cc(=O)n2cc(Cl)ccc2n1)c1c2c(nc3ccccc13)/C(=C/c1cccs1)CC2. The van der Waals surface area contributed by atoms with Crippen LogP contribution in [0.1, 0.15) is 38.6 Å². The molecule has 0 N–H and O–H groups in total. The highest BCUT2D eigenvalue weighted by Crippen LogP contribution is 2.38. The van der Waals surface area contributed by atoms with Gasteiger partial charge in [-0.25, -0.2) is 14.8 Å². The largest absolute Gasteiger partial charge is 0.456 e. The second-order valence-corrected chi connectivity index (χ2v) is 9.67. The van der Waals surface area contributed by atoms with Gasteiger partial charge in [0.25, 0.3) is 5.56 Å². The summed E-state index contributed by atoms with van der Waals surface area (Å²) in [5.41, 5.74) is 4.67. The van der Waals surface area contributed by atoms with Crippen LogP contribution in [0.5, 0.6) is 0 Å². The molecule has 0 atom stereocenters. The molecular formula is C27H18ClN3O3S. The van der Waals surface area contributed by atoms with Gasteiger partial charge in [-0.15, -0.1) is 11.3 Å². The van der Waals surface area contributed by atoms with E-state index >= 15 is 0 Å². The summed E-state index contributed by atoms with van der Waals surface area (Å²) in [5, 5.41) is 3.24. The number of halogens is 1. The molecule has 0 spiro atoms. The van der Waals surface area contributed by atoms with E-state index < -0.39 is 5.97 Å². The number of carbonyl (C=O) groups excluding carboxylic acids is 1. The van der Waals surface area contributed by atoms with Crippen molar-refractivity contribution in [2.75, 3.05) is 0 Å². The molecule has 0 amide bonds. The number of benzene rings is 1. The van der Waals surface area contributed by atoms with Crippen LogP contribution in [0.3, 0.4) is 0 Å². The number of aromatic nitrogens is 3. The number of nitrogens with zero attached hydrogens (tertiary/aromatic N) is 3. The molecule has 8 heteroatoms. The number of fused-ring (bicyclic) bond motifs is 3. The molecule has 0 bridgehead atoms. The summed E-state index contributed by atoms with van der Waals surface area (Å²) in [6.45, 7) is -0.115. The number of rotatable bonds is 4. The summed E-state index contributed by atoms with van der Waals surface area (Å²) in [4.78, 5) is 36.4. The zero-order chi connectivity index (χ0) is 23.9. The van der Waals surface area contributed by atoms with Crippen molar-refractivity contribution in [2.24, 2.45) is 0 Å². The number of carbonyl (C=O) groups is 1. The smallest absolute Gasteiger partial charge is 0.339 e. The Balaban J connectivity index is 1.37. The molecular weight excluding hydrogens is 482 g/mol. The first-order valence-corrected chi connectivity index (χ1v) is 12.3. The second-order valence-electron chi connectivity index (χ2n) is 8.25. The van der Waals surface area contributed by atoms with E-state index in [0.29, 0.717) is 28.3 Å². The first kappa shape index (κ1) is 21.7. The summed E-state index contributed by atoms with van der Waals surface area (Å²) in [7, 11) is 0. The number of para-hydroxylation sites is 1. The molecule has 0 saturated carbocycles. The summed E-state index contributed by atoms with van der Waals surface area (Å²) in [6.07, 6.45) is 5.18. The number of hydrogen-bond donors (Lipinski definition) is 0. The molecule has 0 fully saturated rings. The molecule has 1 aromatic carbocycles. The van der Waals surface area contributed by atoms with E-state index in [9.17, 15) is 9.59 Å². The average molecular weight is 500 g/mol. The van der Waals surface area contributed by atoms with E-state index in [1.807, 2.05) is 35.7 Å². The fourth-order valence-corrected chi connectivity index (χ4v) is 5.31. The molecule has 4 aromatic heterocycles. The van der Waals surface area contributed by atoms with Gasteiger partial charge in [-0.05, 0) is 59.7 Å². The number of ether oxygens (including phenoxy) is 1. The molecule has 0 aliphatic heterocycles. The Morgan fingerprint density at radius 2 is 2.00 bits per heavy atom. The third-order valence-corrected chi connectivity index (χ3v) is 7.08. The van der Waals surface area contributed by atoms with Gasteiger partial charge in [0.1, 0.15) is 12.3 Å². The summed E-state index contributed by atoms with van der Waals surface area (Å²) >= 11 is 7.65. The van der Waals surface area contributed by atoms with Crippen LogP contribution in [-0.4, -0.2) is 20.3 Å². The van der Waals surface area contributed by atoms with Crippen molar-refractivity contribution in [3.05, 3.63) is 109 Å². The van der Waals surface area contributed by atoms with Crippen LogP contribution in [0.4, 0.5) is 0 Å². The second kappa shape index (κ2) is 8.76. The van der Waals surface area contributed by atoms with Gasteiger partial charge in [-0.3, -0.25) is 9.20 Å². The first-order valence-electron chi connectivity index (χ1n) is 11.1. The highest BCUT2D eigenvalue weighted by atomic mass is 35.5. The van der Waals surface area contributed by atoms with Crippen LogP contribution in [0.2, 0.25) is 5.02 Å². The van der Waals surface area contributed by atoms with Crippen molar-refractivity contribution >= 4 is 57.1 Å². The standard InChI is InChI=1S/C27H18ClN3O3S/c28-17-8-10-23-29-18(13-24(32)31(23)14-17)15-34-27(33)25-20-5-1-2-6-22(20)30-26-16(7-9-21(25)26)12-19-4-3-11-35-19/h1-6,8,10-14H,7,9,15H2/b16-12+. The fourth-order valence-electron chi connectivity index (χ4n) is 4.47. The monoisotopic (exact) mass is 499 g/mol. The Morgan fingerprint density at radius 1 is 1.11 bits per heavy atom. The Kier molecular flexibility index (Phi) is 5.43. The number of thiophene rings is 1. The predicted molar refractivity (Wildman–Crippen MR) is 138 cm³/mol. The van der Waals surface area contributed by atoms with Gasteiger partial charge in [-0.1, -0.05) is 35.9 Å². The molecule has 1 aliphatic rings. The van der Waals surface area contributed by atoms with Crippen molar-refractivity contribution in [3.8, 4) is 0 Å². The summed E-state index contributed by atoms with van der Waals surface area (Å²) < 4.78 is 7.05. The Morgan fingerprint density at radius 3 is 2.86 bits per heavy atom. The minimum absolute atomic E-state index is 0.115. The Labute approximate surface area is 209 Å². The highest BCUT2D eigenvalue weighted by Gasteiger charge is 2.27. The quantitative estimate of drug-likeness (QED) is 0.292. The lowest BCUT2D eigenvalue weighted by Crippen LogP contribution is -2.17. The lowest BCUT2D eigenvalue weighted by Gasteiger charge is -2.12. The van der Waals surface area contributed by atoms with Crippen molar-refractivity contribution in [1.29, 1.82) is 0 Å². The zero-order valence-corrected chi connectivity index (χ0v) is 20.0. The van der Waals surface area contributed by atoms with Crippen molar-refractivity contribution in [2.45, 2.75) is 19.4 Å². The van der Waals surface area contributed by atoms with Gasteiger partial charge in [0.2, 0.25) is 0 Å². The maximum absolute atomic E-state index is 13.4. The van der Waals surface area contributed by atoms with E-state index in [4.69, 9.17) is 21.3 Å². The lowest BCUT2D eigenvalue weighted by molar-refractivity contribution is 0.0469. The maximum atomic E-state index is 13.4. The number of pyridine rings is 2. The van der Waals surface area contributed by atoms with Gasteiger partial charge < -0.3 is 4.74 Å². The summed E-state index contributed by atoms with van der Waals surface area (Å²) in [6, 6.07) is 16.4. The number of esters is 1. The van der Waals surface area contributed by atoms with E-state index in [0.717, 1.165) is 39.0 Å². The van der Waals surface area contributed by atoms with Gasteiger partial charge in [-0.2, -0.15) is 0 Å². The van der Waals surface area contributed by atoms with Gasteiger partial charge in [0.05, 0.1) is 27.5 Å². The molecule has 35 heavy (non-hydrogen) atoms. The lowest BCUT2D eigenvalue weighted by atomic mass is 10.0. The number of hydrogen-bond acceptors (Lipinski definition) is 6. The zero-order valence-electron chi connectivity index (χ0n) is 18.4.